The molecule has 0 aliphatic heterocycles. The summed E-state index contributed by atoms with van der Waals surface area (Å²) >= 11 is 1.67. The summed E-state index contributed by atoms with van der Waals surface area (Å²) in [6, 6.07) is 6.60. The molecule has 0 bridgehead atoms. The van der Waals surface area contributed by atoms with Crippen molar-refractivity contribution < 1.29 is 0 Å². The van der Waals surface area contributed by atoms with Crippen molar-refractivity contribution in [3.8, 4) is 11.1 Å². The average Bonchev–Trinajstić information content (AvgIpc) is 2.94. The summed E-state index contributed by atoms with van der Waals surface area (Å²) in [7, 11) is 4.14. The topological polar surface area (TPSA) is 41.1 Å². The predicted molar refractivity (Wildman–Crippen MR) is 99.4 cm³/mol. The van der Waals surface area contributed by atoms with E-state index in [4.69, 9.17) is 0 Å². The molecule has 3 rings (SSSR count). The zero-order valence-corrected chi connectivity index (χ0v) is 14.9. The SMILES string of the molecule is Cc1ccc(-c2csc3ncnc(NCCN(C)C)c23)cc1C. The maximum absolute atomic E-state index is 4.47. The number of anilines is 1. The smallest absolute Gasteiger partial charge is 0.138 e. The molecule has 23 heavy (non-hydrogen) atoms. The molecule has 0 atom stereocenters. The van der Waals surface area contributed by atoms with Crippen LogP contribution >= 0.6 is 11.3 Å². The molecule has 0 aliphatic carbocycles. The van der Waals surface area contributed by atoms with E-state index < -0.39 is 0 Å². The van der Waals surface area contributed by atoms with Crippen LogP contribution in [-0.2, 0) is 0 Å². The van der Waals surface area contributed by atoms with Crippen LogP contribution in [0.2, 0.25) is 0 Å². The van der Waals surface area contributed by atoms with Gasteiger partial charge < -0.3 is 10.2 Å². The van der Waals surface area contributed by atoms with E-state index in [1.54, 1.807) is 17.7 Å². The van der Waals surface area contributed by atoms with Crippen molar-refractivity contribution >= 4 is 27.4 Å². The number of fused-ring (bicyclic) bond motifs is 1. The first kappa shape index (κ1) is 15.9. The van der Waals surface area contributed by atoms with E-state index >= 15 is 0 Å². The van der Waals surface area contributed by atoms with Crippen molar-refractivity contribution in [2.75, 3.05) is 32.5 Å². The van der Waals surface area contributed by atoms with Crippen LogP contribution in [0.3, 0.4) is 0 Å². The van der Waals surface area contributed by atoms with Gasteiger partial charge in [-0.25, -0.2) is 9.97 Å². The number of nitrogens with one attached hydrogen (secondary N) is 1. The van der Waals surface area contributed by atoms with Crippen LogP contribution in [0.5, 0.6) is 0 Å². The third kappa shape index (κ3) is 3.35. The predicted octanol–water partition coefficient (Wildman–Crippen LogP) is 3.95. The first-order valence-electron chi connectivity index (χ1n) is 7.74. The molecular formula is C18H22N4S. The maximum Gasteiger partial charge on any atom is 0.138 e. The molecule has 120 valence electrons. The van der Waals surface area contributed by atoms with E-state index in [0.717, 1.165) is 29.1 Å². The van der Waals surface area contributed by atoms with E-state index in [2.05, 4.69) is 71.7 Å². The molecule has 0 amide bonds. The largest absolute Gasteiger partial charge is 0.368 e. The molecule has 0 saturated heterocycles. The number of likely N-dealkylation sites (N-methyl/N-ethyl adjacent to an activating group) is 1. The third-order valence-electron chi connectivity index (χ3n) is 4.04. The van der Waals surface area contributed by atoms with Crippen molar-refractivity contribution in [2.24, 2.45) is 0 Å². The van der Waals surface area contributed by atoms with Crippen LogP contribution in [0, 0.1) is 13.8 Å². The second-order valence-corrected chi connectivity index (χ2v) is 6.94. The number of aromatic nitrogens is 2. The lowest BCUT2D eigenvalue weighted by Gasteiger charge is -2.12. The first-order chi connectivity index (χ1) is 11.1. The number of nitrogens with zero attached hydrogens (tertiary/aromatic N) is 3. The number of aryl methyl sites for hydroxylation is 2. The number of hydrogen-bond donors (Lipinski definition) is 1. The van der Waals surface area contributed by atoms with Crippen molar-refractivity contribution in [3.63, 3.8) is 0 Å². The average molecular weight is 326 g/mol. The monoisotopic (exact) mass is 326 g/mol. The molecule has 0 unspecified atom stereocenters. The third-order valence-corrected chi connectivity index (χ3v) is 4.93. The molecule has 0 aliphatic rings. The second-order valence-electron chi connectivity index (χ2n) is 6.08. The molecule has 0 spiro atoms. The first-order valence-corrected chi connectivity index (χ1v) is 8.62. The quantitative estimate of drug-likeness (QED) is 0.771. The number of thiophene rings is 1. The molecule has 1 N–H and O–H groups in total. The summed E-state index contributed by atoms with van der Waals surface area (Å²) in [5.74, 6) is 0.923. The summed E-state index contributed by atoms with van der Waals surface area (Å²) in [5.41, 5.74) is 5.06. The van der Waals surface area contributed by atoms with Gasteiger partial charge in [0, 0.05) is 24.0 Å². The highest BCUT2D eigenvalue weighted by atomic mass is 32.1. The number of rotatable bonds is 5. The van der Waals surface area contributed by atoms with Crippen LogP contribution in [0.4, 0.5) is 5.82 Å². The van der Waals surface area contributed by atoms with Crippen molar-refractivity contribution in [2.45, 2.75) is 13.8 Å². The lowest BCUT2D eigenvalue weighted by atomic mass is 10.0. The van der Waals surface area contributed by atoms with Gasteiger partial charge in [-0.05, 0) is 44.6 Å². The molecule has 4 nitrogen and oxygen atoms in total. The Balaban J connectivity index is 2.02. The minimum Gasteiger partial charge on any atom is -0.368 e. The van der Waals surface area contributed by atoms with Crippen molar-refractivity contribution in [1.82, 2.24) is 14.9 Å². The summed E-state index contributed by atoms with van der Waals surface area (Å²) in [5, 5.41) is 6.76. The van der Waals surface area contributed by atoms with Crippen LogP contribution < -0.4 is 5.32 Å². The Morgan fingerprint density at radius 1 is 1.13 bits per heavy atom. The fourth-order valence-electron chi connectivity index (χ4n) is 2.53. The van der Waals surface area contributed by atoms with E-state index in [1.165, 1.54) is 22.3 Å². The van der Waals surface area contributed by atoms with Gasteiger partial charge >= 0.3 is 0 Å². The summed E-state index contributed by atoms with van der Waals surface area (Å²) in [4.78, 5) is 12.1. The number of benzene rings is 1. The Morgan fingerprint density at radius 3 is 2.70 bits per heavy atom. The number of hydrogen-bond acceptors (Lipinski definition) is 5. The van der Waals surface area contributed by atoms with Gasteiger partial charge in [0.05, 0.1) is 5.39 Å². The van der Waals surface area contributed by atoms with Gasteiger partial charge in [-0.2, -0.15) is 0 Å². The summed E-state index contributed by atoms with van der Waals surface area (Å²) in [6.07, 6.45) is 1.64. The van der Waals surface area contributed by atoms with Gasteiger partial charge in [-0.15, -0.1) is 11.3 Å². The van der Waals surface area contributed by atoms with Gasteiger partial charge in [0.15, 0.2) is 0 Å². The highest BCUT2D eigenvalue weighted by molar-refractivity contribution is 7.17. The minimum absolute atomic E-state index is 0.862. The lowest BCUT2D eigenvalue weighted by molar-refractivity contribution is 0.425. The Kier molecular flexibility index (Phi) is 4.59. The molecule has 2 heterocycles. The van der Waals surface area contributed by atoms with Crippen LogP contribution in [0.25, 0.3) is 21.3 Å². The fourth-order valence-corrected chi connectivity index (χ4v) is 3.44. The van der Waals surface area contributed by atoms with Crippen LogP contribution in [-0.4, -0.2) is 42.1 Å². The van der Waals surface area contributed by atoms with E-state index in [1.807, 2.05) is 0 Å². The van der Waals surface area contributed by atoms with Gasteiger partial charge in [0.25, 0.3) is 0 Å². The summed E-state index contributed by atoms with van der Waals surface area (Å²) in [6.45, 7) is 6.12. The molecule has 1 aromatic carbocycles. The van der Waals surface area contributed by atoms with Gasteiger partial charge in [0.1, 0.15) is 17.0 Å². The van der Waals surface area contributed by atoms with Gasteiger partial charge in [-0.1, -0.05) is 18.2 Å². The molecule has 2 aromatic heterocycles. The Hall–Kier alpha value is -1.98. The lowest BCUT2D eigenvalue weighted by Crippen LogP contribution is -2.21. The van der Waals surface area contributed by atoms with Crippen LogP contribution in [0.15, 0.2) is 29.9 Å². The Labute approximate surface area is 141 Å². The van der Waals surface area contributed by atoms with Crippen molar-refractivity contribution in [1.29, 1.82) is 0 Å². The molecule has 3 aromatic rings. The zero-order valence-electron chi connectivity index (χ0n) is 14.1. The zero-order chi connectivity index (χ0) is 16.4. The minimum atomic E-state index is 0.862. The normalized spacial score (nSPS) is 11.3. The molecule has 0 fully saturated rings. The van der Waals surface area contributed by atoms with Crippen LogP contribution in [0.1, 0.15) is 11.1 Å². The standard InChI is InChI=1S/C18H22N4S/c1-12-5-6-14(9-13(12)2)15-10-23-18-16(15)17(20-11-21-18)19-7-8-22(3)4/h5-6,9-11H,7-8H2,1-4H3,(H,19,20,21). The fraction of sp³-hybridized carbons (Fsp3) is 0.333. The van der Waals surface area contributed by atoms with E-state index in [-0.39, 0.29) is 0 Å². The molecule has 5 heteroatoms. The van der Waals surface area contributed by atoms with E-state index in [0.29, 0.717) is 0 Å². The highest BCUT2D eigenvalue weighted by Crippen LogP contribution is 2.36. The Morgan fingerprint density at radius 2 is 1.96 bits per heavy atom. The van der Waals surface area contributed by atoms with Crippen molar-refractivity contribution in [3.05, 3.63) is 41.0 Å². The molecular weight excluding hydrogens is 304 g/mol. The summed E-state index contributed by atoms with van der Waals surface area (Å²) < 4.78 is 0. The Bertz CT molecular complexity index is 823. The van der Waals surface area contributed by atoms with Gasteiger partial charge in [0.2, 0.25) is 0 Å². The highest BCUT2D eigenvalue weighted by Gasteiger charge is 2.13. The van der Waals surface area contributed by atoms with Gasteiger partial charge in [-0.3, -0.25) is 0 Å². The molecule has 0 radical (unpaired) electrons. The maximum atomic E-state index is 4.47. The van der Waals surface area contributed by atoms with E-state index in [9.17, 15) is 0 Å². The molecule has 0 saturated carbocycles. The second kappa shape index (κ2) is 6.64.